The van der Waals surface area contributed by atoms with Crippen LogP contribution in [-0.2, 0) is 6.18 Å². The third-order valence-electron chi connectivity index (χ3n) is 3.90. The lowest BCUT2D eigenvalue weighted by Crippen LogP contribution is -2.45. The van der Waals surface area contributed by atoms with Crippen LogP contribution in [0.5, 0.6) is 5.75 Å². The van der Waals surface area contributed by atoms with Gasteiger partial charge in [-0.3, -0.25) is 4.90 Å². The van der Waals surface area contributed by atoms with Crippen LogP contribution in [0.1, 0.15) is 30.5 Å². The average Bonchev–Trinajstić information content (AvgIpc) is 2.48. The number of nitrogens with one attached hydrogen (secondary N) is 1. The van der Waals surface area contributed by atoms with Gasteiger partial charge >= 0.3 is 6.18 Å². The van der Waals surface area contributed by atoms with E-state index in [4.69, 9.17) is 4.74 Å². The van der Waals surface area contributed by atoms with E-state index in [0.29, 0.717) is 5.75 Å². The number of alkyl halides is 3. The van der Waals surface area contributed by atoms with Gasteiger partial charge in [-0.15, -0.1) is 0 Å². The molecular formula is C15H21F3N2O. The maximum absolute atomic E-state index is 12.8. The van der Waals surface area contributed by atoms with Crippen LogP contribution >= 0.6 is 0 Å². The lowest BCUT2D eigenvalue weighted by Gasteiger charge is -2.35. The molecule has 118 valence electrons. The number of nitrogens with zero attached hydrogens (tertiary/aromatic N) is 1. The van der Waals surface area contributed by atoms with Gasteiger partial charge in [-0.05, 0) is 18.6 Å². The molecule has 2 rings (SSSR count). The van der Waals surface area contributed by atoms with Gasteiger partial charge in [0.05, 0.1) is 12.7 Å². The first kappa shape index (κ1) is 16.1. The van der Waals surface area contributed by atoms with Crippen LogP contribution in [0, 0.1) is 0 Å². The summed E-state index contributed by atoms with van der Waals surface area (Å²) in [5, 5.41) is 3.28. The first-order valence-corrected chi connectivity index (χ1v) is 7.17. The molecule has 1 saturated heterocycles. The Balaban J connectivity index is 2.32. The van der Waals surface area contributed by atoms with Crippen molar-refractivity contribution in [1.29, 1.82) is 0 Å². The molecule has 0 spiro atoms. The second-order valence-corrected chi connectivity index (χ2v) is 5.16. The molecule has 0 radical (unpaired) electrons. The van der Waals surface area contributed by atoms with Gasteiger partial charge in [0.15, 0.2) is 0 Å². The van der Waals surface area contributed by atoms with E-state index < -0.39 is 11.7 Å². The van der Waals surface area contributed by atoms with Crippen molar-refractivity contribution in [2.24, 2.45) is 0 Å². The number of rotatable bonds is 4. The van der Waals surface area contributed by atoms with E-state index >= 15 is 0 Å². The second-order valence-electron chi connectivity index (χ2n) is 5.16. The normalized spacial score (nSPS) is 18.5. The number of ether oxygens (including phenoxy) is 1. The molecular weight excluding hydrogens is 281 g/mol. The molecule has 1 heterocycles. The average molecular weight is 302 g/mol. The number of halogens is 3. The standard InChI is InChI=1S/C15H21F3N2O/c1-3-13(20-8-6-19-7-9-20)12-5-4-11(15(16,17)18)10-14(12)21-2/h4-5,10,13,19H,3,6-9H2,1-2H3/t13-/m1/s1. The quantitative estimate of drug-likeness (QED) is 0.925. The van der Waals surface area contributed by atoms with Crippen molar-refractivity contribution in [2.45, 2.75) is 25.6 Å². The summed E-state index contributed by atoms with van der Waals surface area (Å²) in [5.41, 5.74) is 0.160. The number of hydrogen-bond donors (Lipinski definition) is 1. The van der Waals surface area contributed by atoms with Gasteiger partial charge in [0, 0.05) is 37.8 Å². The third-order valence-corrected chi connectivity index (χ3v) is 3.90. The first-order chi connectivity index (χ1) is 9.97. The zero-order chi connectivity index (χ0) is 15.5. The molecule has 1 aromatic rings. The van der Waals surface area contributed by atoms with Gasteiger partial charge in [-0.25, -0.2) is 0 Å². The van der Waals surface area contributed by atoms with Crippen molar-refractivity contribution in [1.82, 2.24) is 10.2 Å². The smallest absolute Gasteiger partial charge is 0.416 e. The van der Waals surface area contributed by atoms with E-state index in [-0.39, 0.29) is 6.04 Å². The highest BCUT2D eigenvalue weighted by Gasteiger charge is 2.32. The van der Waals surface area contributed by atoms with Crippen molar-refractivity contribution in [2.75, 3.05) is 33.3 Å². The highest BCUT2D eigenvalue weighted by molar-refractivity contribution is 5.40. The van der Waals surface area contributed by atoms with Crippen molar-refractivity contribution < 1.29 is 17.9 Å². The molecule has 0 aromatic heterocycles. The molecule has 0 aliphatic carbocycles. The van der Waals surface area contributed by atoms with Crippen molar-refractivity contribution in [3.63, 3.8) is 0 Å². The Morgan fingerprint density at radius 3 is 2.48 bits per heavy atom. The molecule has 1 fully saturated rings. The monoisotopic (exact) mass is 302 g/mol. The summed E-state index contributed by atoms with van der Waals surface area (Å²) >= 11 is 0. The molecule has 0 bridgehead atoms. The fraction of sp³-hybridized carbons (Fsp3) is 0.600. The highest BCUT2D eigenvalue weighted by atomic mass is 19.4. The predicted molar refractivity (Wildman–Crippen MR) is 75.5 cm³/mol. The fourth-order valence-corrected chi connectivity index (χ4v) is 2.83. The predicted octanol–water partition coefficient (Wildman–Crippen LogP) is 3.07. The first-order valence-electron chi connectivity index (χ1n) is 7.17. The number of hydrogen-bond acceptors (Lipinski definition) is 3. The van der Waals surface area contributed by atoms with Crippen LogP contribution in [0.3, 0.4) is 0 Å². The maximum Gasteiger partial charge on any atom is 0.416 e. The Morgan fingerprint density at radius 2 is 1.95 bits per heavy atom. The van der Waals surface area contributed by atoms with E-state index in [0.717, 1.165) is 50.3 Å². The summed E-state index contributed by atoms with van der Waals surface area (Å²) in [6, 6.07) is 3.88. The van der Waals surface area contributed by atoms with Gasteiger partial charge in [0.1, 0.15) is 5.75 Å². The van der Waals surface area contributed by atoms with Crippen molar-refractivity contribution in [3.8, 4) is 5.75 Å². The molecule has 1 aromatic carbocycles. The Morgan fingerprint density at radius 1 is 1.29 bits per heavy atom. The Labute approximate surface area is 123 Å². The highest BCUT2D eigenvalue weighted by Crippen LogP contribution is 2.37. The molecule has 1 aliphatic rings. The van der Waals surface area contributed by atoms with Crippen LogP contribution in [0.25, 0.3) is 0 Å². The largest absolute Gasteiger partial charge is 0.496 e. The topological polar surface area (TPSA) is 24.5 Å². The number of piperazine rings is 1. The van der Waals surface area contributed by atoms with E-state index in [2.05, 4.69) is 10.2 Å². The van der Waals surface area contributed by atoms with E-state index in [1.165, 1.54) is 7.11 Å². The summed E-state index contributed by atoms with van der Waals surface area (Å²) in [7, 11) is 1.42. The van der Waals surface area contributed by atoms with Crippen LogP contribution in [0.15, 0.2) is 18.2 Å². The number of benzene rings is 1. The SMILES string of the molecule is CC[C@H](c1ccc(C(F)(F)F)cc1OC)N1CCNCC1. The van der Waals surface area contributed by atoms with E-state index in [1.807, 2.05) is 6.92 Å². The summed E-state index contributed by atoms with van der Waals surface area (Å²) in [5.74, 6) is 0.315. The van der Waals surface area contributed by atoms with Gasteiger partial charge in [-0.2, -0.15) is 13.2 Å². The van der Waals surface area contributed by atoms with Gasteiger partial charge in [0.25, 0.3) is 0 Å². The zero-order valence-electron chi connectivity index (χ0n) is 12.3. The summed E-state index contributed by atoms with van der Waals surface area (Å²) in [6.45, 7) is 5.63. The van der Waals surface area contributed by atoms with Crippen LogP contribution < -0.4 is 10.1 Å². The van der Waals surface area contributed by atoms with E-state index in [9.17, 15) is 13.2 Å². The van der Waals surface area contributed by atoms with Crippen LogP contribution in [0.4, 0.5) is 13.2 Å². The maximum atomic E-state index is 12.8. The lowest BCUT2D eigenvalue weighted by molar-refractivity contribution is -0.137. The summed E-state index contributed by atoms with van der Waals surface area (Å²) in [6.07, 6.45) is -3.51. The minimum Gasteiger partial charge on any atom is -0.496 e. The van der Waals surface area contributed by atoms with Gasteiger partial charge in [0.2, 0.25) is 0 Å². The van der Waals surface area contributed by atoms with Crippen molar-refractivity contribution >= 4 is 0 Å². The van der Waals surface area contributed by atoms with E-state index in [1.54, 1.807) is 6.07 Å². The molecule has 1 aliphatic heterocycles. The fourth-order valence-electron chi connectivity index (χ4n) is 2.83. The Hall–Kier alpha value is -1.27. The van der Waals surface area contributed by atoms with Crippen LogP contribution in [0.2, 0.25) is 0 Å². The summed E-state index contributed by atoms with van der Waals surface area (Å²) in [4.78, 5) is 2.29. The Bertz CT molecular complexity index is 470. The molecule has 0 amide bonds. The zero-order valence-corrected chi connectivity index (χ0v) is 12.3. The van der Waals surface area contributed by atoms with Gasteiger partial charge in [-0.1, -0.05) is 13.0 Å². The molecule has 6 heteroatoms. The third kappa shape index (κ3) is 3.68. The minimum atomic E-state index is -4.34. The number of methoxy groups -OCH3 is 1. The molecule has 21 heavy (non-hydrogen) atoms. The molecule has 3 nitrogen and oxygen atoms in total. The molecule has 1 atom stereocenters. The van der Waals surface area contributed by atoms with Crippen molar-refractivity contribution in [3.05, 3.63) is 29.3 Å². The molecule has 1 N–H and O–H groups in total. The molecule has 0 saturated carbocycles. The van der Waals surface area contributed by atoms with Gasteiger partial charge < -0.3 is 10.1 Å². The lowest BCUT2D eigenvalue weighted by atomic mass is 9.99. The minimum absolute atomic E-state index is 0.0873. The summed E-state index contributed by atoms with van der Waals surface area (Å²) < 4.78 is 43.6. The Kier molecular flexibility index (Phi) is 5.11. The molecule has 0 unspecified atom stereocenters. The van der Waals surface area contributed by atoms with Crippen LogP contribution in [-0.4, -0.2) is 38.2 Å². The second kappa shape index (κ2) is 6.66.